The Morgan fingerprint density at radius 2 is 2.10 bits per heavy atom. The van der Waals surface area contributed by atoms with Gasteiger partial charge in [-0.15, -0.1) is 0 Å². The highest BCUT2D eigenvalue weighted by Crippen LogP contribution is 2.38. The number of carbonyl (C=O) groups excluding carboxylic acids is 1. The van der Waals surface area contributed by atoms with Crippen molar-refractivity contribution in [3.63, 3.8) is 0 Å². The van der Waals surface area contributed by atoms with Crippen LogP contribution in [0.25, 0.3) is 0 Å². The number of aromatic nitrogens is 4. The summed E-state index contributed by atoms with van der Waals surface area (Å²) in [5.74, 6) is -0.221. The molecule has 2 heterocycles. The minimum Gasteiger partial charge on any atom is -0.502 e. The van der Waals surface area contributed by atoms with Crippen LogP contribution >= 0.6 is 0 Å². The molecule has 12 heteroatoms. The van der Waals surface area contributed by atoms with E-state index in [1.54, 1.807) is 31.2 Å². The highest BCUT2D eigenvalue weighted by molar-refractivity contribution is 6.06. The molecular weight excluding hydrogens is 406 g/mol. The molecule has 1 aliphatic heterocycles. The van der Waals surface area contributed by atoms with E-state index >= 15 is 0 Å². The molecule has 1 amide bonds. The van der Waals surface area contributed by atoms with Gasteiger partial charge in [0.2, 0.25) is 5.95 Å². The maximum Gasteiger partial charge on any atom is 0.311 e. The van der Waals surface area contributed by atoms with E-state index in [9.17, 15) is 20.0 Å². The van der Waals surface area contributed by atoms with Crippen LogP contribution in [0, 0.1) is 10.1 Å². The smallest absolute Gasteiger partial charge is 0.311 e. The van der Waals surface area contributed by atoms with Crippen molar-refractivity contribution < 1.29 is 19.6 Å². The zero-order chi connectivity index (χ0) is 22.1. The number of methoxy groups -OCH3 is 1. The molecule has 3 aromatic rings. The zero-order valence-corrected chi connectivity index (χ0v) is 16.4. The maximum absolute atomic E-state index is 13.3. The molecule has 0 saturated heterocycles. The molecule has 0 spiro atoms. The number of nitro benzene ring substituents is 1. The van der Waals surface area contributed by atoms with Crippen LogP contribution in [0.5, 0.6) is 11.5 Å². The third kappa shape index (κ3) is 3.50. The van der Waals surface area contributed by atoms with Crippen molar-refractivity contribution in [3.8, 4) is 11.5 Å². The average Bonchev–Trinajstić information content (AvgIpc) is 3.21. The lowest BCUT2D eigenvalue weighted by Gasteiger charge is -2.28. The topological polar surface area (TPSA) is 157 Å². The Kier molecular flexibility index (Phi) is 4.95. The van der Waals surface area contributed by atoms with Crippen LogP contribution in [0.4, 0.5) is 17.3 Å². The molecule has 2 aromatic carbocycles. The number of phenols is 1. The van der Waals surface area contributed by atoms with Crippen molar-refractivity contribution in [1.29, 1.82) is 0 Å². The molecule has 12 nitrogen and oxygen atoms in total. The normalized spacial score (nSPS) is 15.1. The second-order valence-corrected chi connectivity index (χ2v) is 6.67. The van der Waals surface area contributed by atoms with Gasteiger partial charge in [0.15, 0.2) is 5.75 Å². The summed E-state index contributed by atoms with van der Waals surface area (Å²) >= 11 is 0. The van der Waals surface area contributed by atoms with Gasteiger partial charge in [0.25, 0.3) is 5.91 Å². The van der Waals surface area contributed by atoms with Crippen molar-refractivity contribution >= 4 is 23.2 Å². The van der Waals surface area contributed by atoms with Crippen LogP contribution in [-0.4, -0.2) is 43.3 Å². The molecule has 1 atom stereocenters. The molecular formula is C19H17N7O5. The number of amides is 1. The number of carbonyl (C=O) groups is 1. The summed E-state index contributed by atoms with van der Waals surface area (Å²) in [7, 11) is 1.49. The van der Waals surface area contributed by atoms with E-state index in [-0.39, 0.29) is 11.5 Å². The van der Waals surface area contributed by atoms with Gasteiger partial charge in [-0.05, 0) is 41.1 Å². The van der Waals surface area contributed by atoms with Gasteiger partial charge in [0.1, 0.15) is 11.8 Å². The van der Waals surface area contributed by atoms with E-state index in [1.165, 1.54) is 30.0 Å². The standard InChI is InChI=1S/C19H17N7O5/c1-10-16(18(28)21-12-5-3-4-6-15(12)31-2)17(25-19(20-10)22-23-24-25)11-7-8-14(27)13(9-11)26(29)30/h3-9,17,27H,1-2H3,(H,21,28)(H,20,22,24)/t17-/m1/s1. The number of anilines is 2. The number of benzene rings is 2. The first-order valence-electron chi connectivity index (χ1n) is 9.08. The van der Waals surface area contributed by atoms with Gasteiger partial charge >= 0.3 is 5.69 Å². The summed E-state index contributed by atoms with van der Waals surface area (Å²) in [6.45, 7) is 1.68. The maximum atomic E-state index is 13.3. The van der Waals surface area contributed by atoms with Crippen LogP contribution < -0.4 is 15.4 Å². The van der Waals surface area contributed by atoms with E-state index in [0.717, 1.165) is 0 Å². The molecule has 0 unspecified atom stereocenters. The fourth-order valence-corrected chi connectivity index (χ4v) is 3.41. The summed E-state index contributed by atoms with van der Waals surface area (Å²) in [6.07, 6.45) is 0. The number of phenolic OH excluding ortho intramolecular Hbond substituents is 1. The Bertz CT molecular complexity index is 1220. The summed E-state index contributed by atoms with van der Waals surface area (Å²) in [4.78, 5) is 23.9. The number of ether oxygens (including phenoxy) is 1. The molecule has 0 fully saturated rings. The van der Waals surface area contributed by atoms with Crippen LogP contribution in [-0.2, 0) is 4.79 Å². The predicted octanol–water partition coefficient (Wildman–Crippen LogP) is 2.22. The second-order valence-electron chi connectivity index (χ2n) is 6.67. The van der Waals surface area contributed by atoms with Gasteiger partial charge < -0.3 is 20.5 Å². The Morgan fingerprint density at radius 3 is 2.84 bits per heavy atom. The van der Waals surface area contributed by atoms with Crippen molar-refractivity contribution in [2.75, 3.05) is 17.7 Å². The number of allylic oxidation sites excluding steroid dienone is 1. The van der Waals surface area contributed by atoms with Gasteiger partial charge in [0.05, 0.1) is 23.3 Å². The van der Waals surface area contributed by atoms with Crippen LogP contribution in [0.1, 0.15) is 18.5 Å². The number of fused-ring (bicyclic) bond motifs is 1. The van der Waals surface area contributed by atoms with Gasteiger partial charge in [-0.2, -0.15) is 4.68 Å². The van der Waals surface area contributed by atoms with E-state index in [0.29, 0.717) is 22.7 Å². The number of nitro groups is 1. The van der Waals surface area contributed by atoms with Crippen molar-refractivity contribution in [3.05, 3.63) is 69.4 Å². The highest BCUT2D eigenvalue weighted by Gasteiger charge is 2.35. The van der Waals surface area contributed by atoms with E-state index in [4.69, 9.17) is 4.74 Å². The highest BCUT2D eigenvalue weighted by atomic mass is 16.6. The molecule has 158 valence electrons. The molecule has 0 saturated carbocycles. The fourth-order valence-electron chi connectivity index (χ4n) is 3.41. The lowest BCUT2D eigenvalue weighted by molar-refractivity contribution is -0.385. The van der Waals surface area contributed by atoms with E-state index in [2.05, 4.69) is 26.2 Å². The molecule has 0 radical (unpaired) electrons. The quantitative estimate of drug-likeness (QED) is 0.413. The monoisotopic (exact) mass is 423 g/mol. The van der Waals surface area contributed by atoms with Crippen molar-refractivity contribution in [1.82, 2.24) is 20.2 Å². The molecule has 3 N–H and O–H groups in total. The van der Waals surface area contributed by atoms with E-state index in [1.807, 2.05) is 0 Å². The molecule has 0 bridgehead atoms. The number of aromatic hydroxyl groups is 1. The Hall–Kier alpha value is -4.48. The van der Waals surface area contributed by atoms with Gasteiger partial charge in [0, 0.05) is 11.8 Å². The Balaban J connectivity index is 1.81. The number of hydrogen-bond acceptors (Lipinski definition) is 9. The van der Waals surface area contributed by atoms with Gasteiger partial charge in [-0.1, -0.05) is 23.3 Å². The zero-order valence-electron chi connectivity index (χ0n) is 16.4. The summed E-state index contributed by atoms with van der Waals surface area (Å²) in [5.41, 5.74) is 1.02. The van der Waals surface area contributed by atoms with Crippen LogP contribution in [0.2, 0.25) is 0 Å². The third-order valence-corrected chi connectivity index (χ3v) is 4.83. The molecule has 4 rings (SSSR count). The average molecular weight is 423 g/mol. The number of nitrogens with zero attached hydrogens (tertiary/aromatic N) is 5. The lowest BCUT2D eigenvalue weighted by Crippen LogP contribution is -2.31. The number of hydrogen-bond donors (Lipinski definition) is 3. The minimum atomic E-state index is -0.875. The Labute approximate surface area is 175 Å². The first-order valence-corrected chi connectivity index (χ1v) is 9.08. The first-order chi connectivity index (χ1) is 14.9. The summed E-state index contributed by atoms with van der Waals surface area (Å²) in [5, 5.41) is 38.4. The molecule has 1 aromatic heterocycles. The van der Waals surface area contributed by atoms with Gasteiger partial charge in [-0.3, -0.25) is 14.9 Å². The Morgan fingerprint density at radius 1 is 1.32 bits per heavy atom. The lowest BCUT2D eigenvalue weighted by atomic mass is 9.94. The predicted molar refractivity (Wildman–Crippen MR) is 109 cm³/mol. The molecule has 0 aliphatic carbocycles. The number of tetrazole rings is 1. The third-order valence-electron chi connectivity index (χ3n) is 4.83. The largest absolute Gasteiger partial charge is 0.502 e. The molecule has 1 aliphatic rings. The van der Waals surface area contributed by atoms with Crippen LogP contribution in [0.3, 0.4) is 0 Å². The number of rotatable bonds is 5. The summed E-state index contributed by atoms with van der Waals surface area (Å²) in [6, 6.07) is 9.91. The van der Waals surface area contributed by atoms with Crippen molar-refractivity contribution in [2.24, 2.45) is 0 Å². The summed E-state index contributed by atoms with van der Waals surface area (Å²) < 4.78 is 6.63. The first kappa shape index (κ1) is 19.8. The van der Waals surface area contributed by atoms with E-state index < -0.39 is 28.3 Å². The second kappa shape index (κ2) is 7.74. The number of nitrogens with one attached hydrogen (secondary N) is 2. The SMILES string of the molecule is COc1ccccc1NC(=O)C1=C(C)Nc2nnnn2[C@@H]1c1ccc(O)c([N+](=O)[O-])c1. The van der Waals surface area contributed by atoms with Crippen LogP contribution in [0.15, 0.2) is 53.7 Å². The van der Waals surface area contributed by atoms with Gasteiger partial charge in [-0.25, -0.2) is 0 Å². The fraction of sp³-hybridized carbons (Fsp3) is 0.158. The molecule has 31 heavy (non-hydrogen) atoms. The van der Waals surface area contributed by atoms with Crippen molar-refractivity contribution in [2.45, 2.75) is 13.0 Å². The number of para-hydroxylation sites is 2. The minimum absolute atomic E-state index is 0.241.